The van der Waals surface area contributed by atoms with Crippen LogP contribution in [-0.4, -0.2) is 91.9 Å². The number of nitrogen functional groups attached to an aromatic ring is 1. The zero-order valence-electron chi connectivity index (χ0n) is 22.9. The van der Waals surface area contributed by atoms with E-state index >= 15 is 0 Å². The second-order valence-electron chi connectivity index (χ2n) is 10.3. The van der Waals surface area contributed by atoms with E-state index in [4.69, 9.17) is 30.7 Å². The van der Waals surface area contributed by atoms with E-state index in [0.717, 1.165) is 11.1 Å². The van der Waals surface area contributed by atoms with Crippen molar-refractivity contribution in [3.8, 4) is 34.0 Å². The van der Waals surface area contributed by atoms with Crippen LogP contribution in [0.1, 0.15) is 18.4 Å². The van der Waals surface area contributed by atoms with Crippen molar-refractivity contribution >= 4 is 33.3 Å². The predicted molar refractivity (Wildman–Crippen MR) is 160 cm³/mol. The maximum absolute atomic E-state index is 10.6. The van der Waals surface area contributed by atoms with Gasteiger partial charge in [-0.25, -0.2) is 9.97 Å². The summed E-state index contributed by atoms with van der Waals surface area (Å²) in [7, 11) is 10.5. The van der Waals surface area contributed by atoms with E-state index in [1.54, 1.807) is 30.3 Å². The summed E-state index contributed by atoms with van der Waals surface area (Å²) >= 11 is 0.671. The van der Waals surface area contributed by atoms with Crippen molar-refractivity contribution in [1.82, 2.24) is 20.4 Å². The molecule has 5 rings (SSSR count). The minimum atomic E-state index is -2.96. The number of ether oxygens (including phenoxy) is 1. The highest BCUT2D eigenvalue weighted by atomic mass is 32.2. The number of nitrogens with one attached hydrogen (secondary N) is 1. The summed E-state index contributed by atoms with van der Waals surface area (Å²) in [4.78, 5) is 9.28. The molecular weight excluding hydrogens is 572 g/mol. The smallest absolute Gasteiger partial charge is 0.189 e. The van der Waals surface area contributed by atoms with Gasteiger partial charge in [0.1, 0.15) is 22.8 Å². The second kappa shape index (κ2) is 12.4. The average molecular weight is 601 g/mol. The van der Waals surface area contributed by atoms with Crippen LogP contribution in [0.4, 0.5) is 5.82 Å². The Bertz CT molecular complexity index is 1520. The van der Waals surface area contributed by atoms with E-state index in [2.05, 4.69) is 20.4 Å². The predicted octanol–water partition coefficient (Wildman–Crippen LogP) is 0.711. The molecule has 3 heterocycles. The van der Waals surface area contributed by atoms with E-state index in [9.17, 15) is 25.5 Å². The first kappa shape index (κ1) is 31.2. The molecule has 43 heavy (non-hydrogen) atoms. The highest BCUT2D eigenvalue weighted by Gasteiger charge is 2.41. The standard InChI is InChI=1S/C28H29B2N5O7S/c29-27(37,38)25(28(30,39)40)43-19-7-5-18(6-8-19)21-15-32-24(31)23(34-21)22-13-20(35-42-22)17-3-1-16(2-4-17)14-33-26(36)9-11-41-12-10-26/h1-8,13,15,25,33,36-40H,9-12,14H2,(H2,31,32). The molecule has 0 unspecified atom stereocenters. The molecule has 1 fully saturated rings. The number of benzene rings is 2. The van der Waals surface area contributed by atoms with Crippen molar-refractivity contribution in [2.24, 2.45) is 0 Å². The van der Waals surface area contributed by atoms with Gasteiger partial charge >= 0.3 is 0 Å². The van der Waals surface area contributed by atoms with Crippen LogP contribution < -0.4 is 11.1 Å². The summed E-state index contributed by atoms with van der Waals surface area (Å²) < 4.78 is 10.9. The number of aromatic nitrogens is 3. The third-order valence-electron chi connectivity index (χ3n) is 6.91. The number of thioether (sulfide) groups is 1. The lowest BCUT2D eigenvalue weighted by Crippen LogP contribution is -2.55. The lowest BCUT2D eigenvalue weighted by molar-refractivity contribution is -0.169. The molecule has 15 heteroatoms. The Kier molecular flexibility index (Phi) is 8.97. The van der Waals surface area contributed by atoms with Crippen LogP contribution in [0.3, 0.4) is 0 Å². The van der Waals surface area contributed by atoms with Crippen LogP contribution in [-0.2, 0) is 11.3 Å². The summed E-state index contributed by atoms with van der Waals surface area (Å²) in [6, 6.07) is 16.0. The van der Waals surface area contributed by atoms with Gasteiger partial charge in [0, 0.05) is 41.5 Å². The monoisotopic (exact) mass is 601 g/mol. The van der Waals surface area contributed by atoms with Crippen molar-refractivity contribution in [3.05, 3.63) is 66.4 Å². The summed E-state index contributed by atoms with van der Waals surface area (Å²) in [6.07, 6.45) is 2.57. The molecule has 2 aromatic heterocycles. The van der Waals surface area contributed by atoms with Gasteiger partial charge in [-0.15, -0.1) is 11.8 Å². The topological polar surface area (TPSA) is 200 Å². The number of nitrogens with zero attached hydrogens (tertiary/aromatic N) is 3. The first-order valence-electron chi connectivity index (χ1n) is 13.3. The number of aliphatic hydroxyl groups is 5. The normalized spacial score (nSPS) is 15.6. The van der Waals surface area contributed by atoms with E-state index in [0.29, 0.717) is 77.7 Å². The first-order valence-corrected chi connectivity index (χ1v) is 14.2. The Morgan fingerprint density at radius 3 is 2.19 bits per heavy atom. The van der Waals surface area contributed by atoms with E-state index in [1.807, 2.05) is 24.3 Å². The van der Waals surface area contributed by atoms with Gasteiger partial charge in [-0.1, -0.05) is 41.6 Å². The Morgan fingerprint density at radius 1 is 0.953 bits per heavy atom. The minimum Gasteiger partial charge on any atom is -0.382 e. The highest BCUT2D eigenvalue weighted by Crippen LogP contribution is 2.35. The second-order valence-corrected chi connectivity index (χ2v) is 11.5. The molecule has 8 N–H and O–H groups in total. The summed E-state index contributed by atoms with van der Waals surface area (Å²) in [5.74, 6) is 0.462. The molecule has 1 saturated heterocycles. The SMILES string of the molecule is [B]C(O)(O)C(Sc1ccc(-c2cnc(N)c(-c3cc(-c4ccc(CNC5(O)CCOCC5)cc4)no3)n2)cc1)C([B])(O)O. The zero-order chi connectivity index (χ0) is 30.8. The van der Waals surface area contributed by atoms with Crippen molar-refractivity contribution in [1.29, 1.82) is 0 Å². The van der Waals surface area contributed by atoms with Gasteiger partial charge in [-0.2, -0.15) is 0 Å². The largest absolute Gasteiger partial charge is 0.382 e. The van der Waals surface area contributed by atoms with Crippen molar-refractivity contribution < 1.29 is 34.8 Å². The van der Waals surface area contributed by atoms with Gasteiger partial charge in [0.2, 0.25) is 0 Å². The number of hydrogen-bond acceptors (Lipinski definition) is 13. The molecule has 0 amide bonds. The van der Waals surface area contributed by atoms with Crippen molar-refractivity contribution in [2.45, 2.75) is 46.6 Å². The number of hydrogen-bond donors (Lipinski definition) is 7. The van der Waals surface area contributed by atoms with E-state index in [-0.39, 0.29) is 5.82 Å². The zero-order valence-corrected chi connectivity index (χ0v) is 23.7. The van der Waals surface area contributed by atoms with Gasteiger partial charge in [0.15, 0.2) is 33.0 Å². The summed E-state index contributed by atoms with van der Waals surface area (Å²) in [6.45, 7) is 1.56. The van der Waals surface area contributed by atoms with Gasteiger partial charge in [0.25, 0.3) is 0 Å². The van der Waals surface area contributed by atoms with Crippen LogP contribution >= 0.6 is 11.8 Å². The van der Waals surface area contributed by atoms with E-state index < -0.39 is 22.3 Å². The fraction of sp³-hybridized carbons (Fsp3) is 0.321. The molecule has 0 spiro atoms. The Hall–Kier alpha value is -3.27. The van der Waals surface area contributed by atoms with E-state index in [1.165, 1.54) is 6.20 Å². The lowest BCUT2D eigenvalue weighted by Gasteiger charge is -2.36. The fourth-order valence-electron chi connectivity index (χ4n) is 4.51. The molecule has 1 aliphatic rings. The third-order valence-corrected chi connectivity index (χ3v) is 8.39. The number of rotatable bonds is 10. The van der Waals surface area contributed by atoms with Gasteiger partial charge < -0.3 is 40.5 Å². The molecule has 0 aliphatic carbocycles. The fourth-order valence-corrected chi connectivity index (χ4v) is 5.43. The maximum atomic E-state index is 10.6. The van der Waals surface area contributed by atoms with Crippen LogP contribution in [0.25, 0.3) is 34.0 Å². The average Bonchev–Trinajstić information content (AvgIpc) is 3.45. The molecule has 0 atom stereocenters. The molecule has 12 nitrogen and oxygen atoms in total. The molecule has 4 radical (unpaired) electrons. The lowest BCUT2D eigenvalue weighted by atomic mass is 9.79. The number of anilines is 1. The molecule has 0 saturated carbocycles. The van der Waals surface area contributed by atoms with Gasteiger partial charge in [-0.3, -0.25) is 5.32 Å². The highest BCUT2D eigenvalue weighted by molar-refractivity contribution is 8.00. The maximum Gasteiger partial charge on any atom is 0.189 e. The first-order chi connectivity index (χ1) is 20.3. The molecule has 4 aromatic rings. The molecule has 0 bridgehead atoms. The Morgan fingerprint density at radius 2 is 1.56 bits per heavy atom. The molecule has 220 valence electrons. The Labute approximate surface area is 254 Å². The third kappa shape index (κ3) is 7.63. The molecule has 2 aromatic carbocycles. The van der Waals surface area contributed by atoms with Crippen LogP contribution in [0.15, 0.2) is 70.2 Å². The quantitative estimate of drug-likeness (QED) is 0.0763. The van der Waals surface area contributed by atoms with Crippen molar-refractivity contribution in [3.63, 3.8) is 0 Å². The van der Waals surface area contributed by atoms with Crippen LogP contribution in [0.5, 0.6) is 0 Å². The number of nitrogens with two attached hydrogens (primary N) is 1. The van der Waals surface area contributed by atoms with Crippen LogP contribution in [0.2, 0.25) is 0 Å². The Balaban J connectivity index is 1.29. The molecular formula is C28H29B2N5O7S. The summed E-state index contributed by atoms with van der Waals surface area (Å²) in [5, 5.41) is 55.0. The van der Waals surface area contributed by atoms with Crippen molar-refractivity contribution in [2.75, 3.05) is 18.9 Å². The van der Waals surface area contributed by atoms with Gasteiger partial charge in [-0.05, 0) is 17.7 Å². The summed E-state index contributed by atoms with van der Waals surface area (Å²) in [5.41, 5.74) is 3.07. The van der Waals surface area contributed by atoms with Crippen LogP contribution in [0, 0.1) is 0 Å². The van der Waals surface area contributed by atoms with Gasteiger partial charge in [0.05, 0.1) is 30.4 Å². The molecule has 1 aliphatic heterocycles. The minimum absolute atomic E-state index is 0.143.